The summed E-state index contributed by atoms with van der Waals surface area (Å²) in [6.07, 6.45) is 10.9. The lowest BCUT2D eigenvalue weighted by Gasteiger charge is -2.53. The molecule has 27 heavy (non-hydrogen) atoms. The van der Waals surface area contributed by atoms with Gasteiger partial charge in [0.2, 0.25) is 0 Å². The van der Waals surface area contributed by atoms with E-state index in [-0.39, 0.29) is 17.5 Å². The Morgan fingerprint density at radius 1 is 1.00 bits per heavy atom. The van der Waals surface area contributed by atoms with Gasteiger partial charge in [-0.25, -0.2) is 0 Å². The number of ether oxygens (including phenoxy) is 1. The van der Waals surface area contributed by atoms with E-state index in [2.05, 4.69) is 6.92 Å². The van der Waals surface area contributed by atoms with Crippen molar-refractivity contribution in [2.24, 2.45) is 29.1 Å². The molecule has 0 saturated heterocycles. The standard InChI is InChI=1S/C20H28O3.2C2H6/c1-12(21)23-19-8-7-18-17-5-3-13-11-14(22)4-6-15(13)16(17)9-10-20(18,19)2;2*1-2/h11,15-19H,3-10H2,1-2H3;2*1-2H3/t15-,16+,17+,18-,19-,20-;;/m0../s1. The maximum Gasteiger partial charge on any atom is 0.302 e. The lowest BCUT2D eigenvalue weighted by atomic mass is 9.52. The molecule has 0 bridgehead atoms. The van der Waals surface area contributed by atoms with Crippen molar-refractivity contribution in [2.45, 2.75) is 99.0 Å². The average molecular weight is 377 g/mol. The highest BCUT2D eigenvalue weighted by Crippen LogP contribution is 2.62. The first-order chi connectivity index (χ1) is 13.0. The molecule has 4 rings (SSSR count). The summed E-state index contributed by atoms with van der Waals surface area (Å²) >= 11 is 0. The summed E-state index contributed by atoms with van der Waals surface area (Å²) in [6, 6.07) is 0. The van der Waals surface area contributed by atoms with Crippen molar-refractivity contribution in [2.75, 3.05) is 0 Å². The SMILES string of the molecule is CC.CC.CC(=O)O[C@H]1CC[C@H]2[C@@H]3CCC4=CC(=O)CC[C@@H]4[C@H]3CC[C@]12C. The van der Waals surface area contributed by atoms with Crippen molar-refractivity contribution in [3.05, 3.63) is 11.6 Å². The van der Waals surface area contributed by atoms with E-state index in [9.17, 15) is 9.59 Å². The van der Waals surface area contributed by atoms with Gasteiger partial charge in [0.15, 0.2) is 5.78 Å². The Hall–Kier alpha value is -1.12. The molecule has 0 N–H and O–H groups in total. The van der Waals surface area contributed by atoms with Crippen LogP contribution in [0.1, 0.15) is 92.9 Å². The number of ketones is 1. The fourth-order valence-corrected chi connectivity index (χ4v) is 6.53. The fraction of sp³-hybridized carbons (Fsp3) is 0.833. The maximum absolute atomic E-state index is 11.7. The summed E-state index contributed by atoms with van der Waals surface area (Å²) in [7, 11) is 0. The summed E-state index contributed by atoms with van der Waals surface area (Å²) in [5.41, 5.74) is 1.62. The molecule has 3 saturated carbocycles. The topological polar surface area (TPSA) is 43.4 Å². The minimum atomic E-state index is -0.126. The second-order valence-electron chi connectivity index (χ2n) is 8.52. The maximum atomic E-state index is 11.7. The number of carbonyl (C=O) groups excluding carboxylic acids is 2. The van der Waals surface area contributed by atoms with E-state index < -0.39 is 0 Å². The third-order valence-corrected chi connectivity index (χ3v) is 7.52. The van der Waals surface area contributed by atoms with Crippen LogP contribution in [0.25, 0.3) is 0 Å². The highest BCUT2D eigenvalue weighted by atomic mass is 16.5. The molecule has 0 radical (unpaired) electrons. The van der Waals surface area contributed by atoms with Gasteiger partial charge < -0.3 is 4.74 Å². The zero-order chi connectivity index (χ0) is 20.2. The van der Waals surface area contributed by atoms with Gasteiger partial charge in [0, 0.05) is 18.8 Å². The summed E-state index contributed by atoms with van der Waals surface area (Å²) in [5, 5.41) is 0. The van der Waals surface area contributed by atoms with Crippen LogP contribution in [0.5, 0.6) is 0 Å². The van der Waals surface area contributed by atoms with E-state index in [1.807, 2.05) is 33.8 Å². The van der Waals surface area contributed by atoms with E-state index in [4.69, 9.17) is 4.74 Å². The zero-order valence-corrected chi connectivity index (χ0v) is 18.3. The molecule has 0 amide bonds. The Labute approximate surface area is 166 Å². The van der Waals surface area contributed by atoms with Gasteiger partial charge in [-0.1, -0.05) is 40.2 Å². The van der Waals surface area contributed by atoms with E-state index in [1.165, 1.54) is 31.3 Å². The number of fused-ring (bicyclic) bond motifs is 5. The Balaban J connectivity index is 0.000000614. The van der Waals surface area contributed by atoms with Crippen LogP contribution >= 0.6 is 0 Å². The first kappa shape index (κ1) is 22.2. The molecule has 3 nitrogen and oxygen atoms in total. The fourth-order valence-electron chi connectivity index (χ4n) is 6.53. The number of allylic oxidation sites excluding steroid dienone is 1. The second kappa shape index (κ2) is 9.39. The van der Waals surface area contributed by atoms with E-state index in [0.717, 1.165) is 37.5 Å². The third kappa shape index (κ3) is 4.17. The Morgan fingerprint density at radius 2 is 1.70 bits per heavy atom. The van der Waals surface area contributed by atoms with Crippen LogP contribution in [0.3, 0.4) is 0 Å². The molecule has 4 aliphatic rings. The largest absolute Gasteiger partial charge is 0.462 e. The van der Waals surface area contributed by atoms with Crippen LogP contribution in [0, 0.1) is 29.1 Å². The normalized spacial score (nSPS) is 39.3. The highest BCUT2D eigenvalue weighted by Gasteiger charge is 2.57. The van der Waals surface area contributed by atoms with Gasteiger partial charge in [0.05, 0.1) is 0 Å². The van der Waals surface area contributed by atoms with Gasteiger partial charge in [-0.05, 0) is 74.7 Å². The van der Waals surface area contributed by atoms with E-state index in [1.54, 1.807) is 6.92 Å². The van der Waals surface area contributed by atoms with Crippen LogP contribution in [-0.2, 0) is 14.3 Å². The first-order valence-corrected chi connectivity index (χ1v) is 11.4. The molecule has 0 aromatic heterocycles. The van der Waals surface area contributed by atoms with Crippen molar-refractivity contribution < 1.29 is 14.3 Å². The Kier molecular flexibility index (Phi) is 7.71. The number of hydrogen-bond acceptors (Lipinski definition) is 3. The average Bonchev–Trinajstić information content (AvgIpc) is 3.00. The van der Waals surface area contributed by atoms with Crippen molar-refractivity contribution in [1.29, 1.82) is 0 Å². The lowest BCUT2D eigenvalue weighted by molar-refractivity contribution is -0.156. The van der Waals surface area contributed by atoms with Gasteiger partial charge in [-0.2, -0.15) is 0 Å². The van der Waals surface area contributed by atoms with Gasteiger partial charge in [0.25, 0.3) is 0 Å². The quantitative estimate of drug-likeness (QED) is 0.518. The summed E-state index contributed by atoms with van der Waals surface area (Å²) in [6.45, 7) is 11.9. The molecule has 3 fully saturated rings. The van der Waals surface area contributed by atoms with E-state index in [0.29, 0.717) is 17.6 Å². The summed E-state index contributed by atoms with van der Waals surface area (Å²) < 4.78 is 5.69. The second-order valence-corrected chi connectivity index (χ2v) is 8.52. The first-order valence-electron chi connectivity index (χ1n) is 11.4. The third-order valence-electron chi connectivity index (χ3n) is 7.52. The molecular weight excluding hydrogens is 336 g/mol. The predicted octanol–water partition coefficient (Wildman–Crippen LogP) is 6.11. The minimum Gasteiger partial charge on any atom is -0.462 e. The van der Waals surface area contributed by atoms with Gasteiger partial charge in [-0.3, -0.25) is 9.59 Å². The molecule has 6 atom stereocenters. The van der Waals surface area contributed by atoms with Crippen LogP contribution in [0.2, 0.25) is 0 Å². The molecule has 0 spiro atoms. The monoisotopic (exact) mass is 376 g/mol. The van der Waals surface area contributed by atoms with Gasteiger partial charge >= 0.3 is 5.97 Å². The molecule has 154 valence electrons. The smallest absolute Gasteiger partial charge is 0.302 e. The lowest BCUT2D eigenvalue weighted by Crippen LogP contribution is -2.48. The summed E-state index contributed by atoms with van der Waals surface area (Å²) in [5.74, 6) is 3.10. The zero-order valence-electron chi connectivity index (χ0n) is 18.3. The number of esters is 1. The van der Waals surface area contributed by atoms with Crippen molar-refractivity contribution >= 4 is 11.8 Å². The molecule has 0 aromatic rings. The van der Waals surface area contributed by atoms with Crippen molar-refractivity contribution in [3.63, 3.8) is 0 Å². The molecule has 3 heteroatoms. The van der Waals surface area contributed by atoms with Crippen LogP contribution in [0.4, 0.5) is 0 Å². The molecule has 4 aliphatic carbocycles. The van der Waals surface area contributed by atoms with Crippen LogP contribution in [0.15, 0.2) is 11.6 Å². The van der Waals surface area contributed by atoms with Gasteiger partial charge in [0.1, 0.15) is 6.10 Å². The predicted molar refractivity (Wildman–Crippen MR) is 110 cm³/mol. The molecule has 0 aliphatic heterocycles. The minimum absolute atomic E-state index is 0.121. The highest BCUT2D eigenvalue weighted by molar-refractivity contribution is 5.91. The Morgan fingerprint density at radius 3 is 2.37 bits per heavy atom. The summed E-state index contributed by atoms with van der Waals surface area (Å²) in [4.78, 5) is 23.2. The van der Waals surface area contributed by atoms with Crippen molar-refractivity contribution in [3.8, 4) is 0 Å². The Bertz CT molecular complexity index is 564. The molecule has 0 unspecified atom stereocenters. The number of rotatable bonds is 1. The number of hydrogen-bond donors (Lipinski definition) is 0. The van der Waals surface area contributed by atoms with Crippen LogP contribution < -0.4 is 0 Å². The van der Waals surface area contributed by atoms with Gasteiger partial charge in [-0.15, -0.1) is 0 Å². The van der Waals surface area contributed by atoms with E-state index >= 15 is 0 Å². The number of carbonyl (C=O) groups is 2. The molecule has 0 heterocycles. The molecule has 0 aromatic carbocycles. The van der Waals surface area contributed by atoms with Crippen molar-refractivity contribution in [1.82, 2.24) is 0 Å². The molecular formula is C24H40O3. The van der Waals surface area contributed by atoms with Crippen LogP contribution in [-0.4, -0.2) is 17.9 Å².